The molecule has 0 spiro atoms. The molecular weight excluding hydrogens is 302 g/mol. The van der Waals surface area contributed by atoms with Crippen molar-refractivity contribution in [2.45, 2.75) is 33.6 Å². The van der Waals surface area contributed by atoms with Crippen LogP contribution in [-0.2, 0) is 12.8 Å². The Morgan fingerprint density at radius 3 is 1.60 bits per heavy atom. The Morgan fingerprint density at radius 1 is 0.640 bits per heavy atom. The van der Waals surface area contributed by atoms with Gasteiger partial charge in [0.25, 0.3) is 0 Å². The van der Waals surface area contributed by atoms with E-state index in [1.165, 1.54) is 39.2 Å². The van der Waals surface area contributed by atoms with Gasteiger partial charge in [0.15, 0.2) is 0 Å². The van der Waals surface area contributed by atoms with Gasteiger partial charge in [0, 0.05) is 18.4 Å². The molecule has 0 saturated heterocycles. The van der Waals surface area contributed by atoms with E-state index >= 15 is 0 Å². The number of anilines is 2. The highest BCUT2D eigenvalue weighted by atomic mass is 15.1. The lowest BCUT2D eigenvalue weighted by Crippen LogP contribution is -2.10. The van der Waals surface area contributed by atoms with Crippen molar-refractivity contribution in [3.8, 4) is 11.1 Å². The van der Waals surface area contributed by atoms with E-state index in [1.54, 1.807) is 0 Å². The summed E-state index contributed by atoms with van der Waals surface area (Å²) >= 11 is 0. The van der Waals surface area contributed by atoms with Gasteiger partial charge in [0.2, 0.25) is 0 Å². The molecule has 25 heavy (non-hydrogen) atoms. The van der Waals surface area contributed by atoms with E-state index in [2.05, 4.69) is 99.4 Å². The first-order valence-electron chi connectivity index (χ1n) is 9.14. The fourth-order valence-corrected chi connectivity index (χ4v) is 3.12. The van der Waals surface area contributed by atoms with Crippen molar-refractivity contribution in [2.75, 3.05) is 11.9 Å². The van der Waals surface area contributed by atoms with Crippen molar-refractivity contribution in [2.24, 2.45) is 0 Å². The smallest absolute Gasteiger partial charge is 0.0413 e. The van der Waals surface area contributed by atoms with Gasteiger partial charge in [-0.2, -0.15) is 0 Å². The van der Waals surface area contributed by atoms with Gasteiger partial charge in [-0.1, -0.05) is 61.9 Å². The van der Waals surface area contributed by atoms with Crippen LogP contribution in [0.25, 0.3) is 11.1 Å². The predicted molar refractivity (Wildman–Crippen MR) is 110 cm³/mol. The maximum atomic E-state index is 2.32. The van der Waals surface area contributed by atoms with Crippen molar-refractivity contribution in [1.82, 2.24) is 0 Å². The summed E-state index contributed by atoms with van der Waals surface area (Å²) in [6.45, 7) is 6.56. The van der Waals surface area contributed by atoms with Crippen LogP contribution in [0.4, 0.5) is 11.4 Å². The number of nitrogens with zero attached hydrogens (tertiary/aromatic N) is 1. The molecule has 0 N–H and O–H groups in total. The second-order valence-electron chi connectivity index (χ2n) is 6.69. The minimum absolute atomic E-state index is 1.07. The van der Waals surface area contributed by atoms with Gasteiger partial charge in [-0.15, -0.1) is 0 Å². The molecule has 3 aromatic rings. The number of hydrogen-bond acceptors (Lipinski definition) is 1. The molecule has 0 fully saturated rings. The van der Waals surface area contributed by atoms with Gasteiger partial charge in [-0.3, -0.25) is 0 Å². The molecule has 0 atom stereocenters. The molecule has 0 aliphatic carbocycles. The second kappa shape index (κ2) is 7.57. The lowest BCUT2D eigenvalue weighted by molar-refractivity contribution is 1.07. The number of benzene rings is 3. The fourth-order valence-electron chi connectivity index (χ4n) is 3.12. The van der Waals surface area contributed by atoms with Crippen LogP contribution >= 0.6 is 0 Å². The summed E-state index contributed by atoms with van der Waals surface area (Å²) in [7, 11) is 2.15. The van der Waals surface area contributed by atoms with Crippen molar-refractivity contribution < 1.29 is 0 Å². The minimum Gasteiger partial charge on any atom is -0.345 e. The summed E-state index contributed by atoms with van der Waals surface area (Å²) in [5.74, 6) is 0. The van der Waals surface area contributed by atoms with Crippen LogP contribution in [0.15, 0.2) is 66.7 Å². The summed E-state index contributed by atoms with van der Waals surface area (Å²) in [5, 5.41) is 0. The normalized spacial score (nSPS) is 10.7. The summed E-state index contributed by atoms with van der Waals surface area (Å²) < 4.78 is 0. The first kappa shape index (κ1) is 17.3. The summed E-state index contributed by atoms with van der Waals surface area (Å²) in [4.78, 5) is 2.28. The minimum atomic E-state index is 1.07. The van der Waals surface area contributed by atoms with Gasteiger partial charge >= 0.3 is 0 Å². The molecule has 0 radical (unpaired) electrons. The van der Waals surface area contributed by atoms with Crippen molar-refractivity contribution in [3.63, 3.8) is 0 Å². The zero-order chi connectivity index (χ0) is 17.8. The lowest BCUT2D eigenvalue weighted by atomic mass is 10.0. The third-order valence-corrected chi connectivity index (χ3v) is 4.88. The first-order valence-corrected chi connectivity index (χ1v) is 9.14. The van der Waals surface area contributed by atoms with E-state index < -0.39 is 0 Å². The molecule has 3 rings (SSSR count). The average molecular weight is 329 g/mol. The zero-order valence-electron chi connectivity index (χ0n) is 15.7. The summed E-state index contributed by atoms with van der Waals surface area (Å²) in [5.41, 5.74) is 9.10. The standard InChI is InChI=1S/C24H27N/c1-5-19-15-20(6-2)17-24(16-19)25(4)23-13-11-22(12-14-23)21-9-7-18(3)8-10-21/h7-17H,5-6H2,1-4H3. The maximum absolute atomic E-state index is 2.32. The number of hydrogen-bond donors (Lipinski definition) is 0. The molecule has 128 valence electrons. The molecule has 0 bridgehead atoms. The van der Waals surface area contributed by atoms with Crippen LogP contribution in [0.2, 0.25) is 0 Å². The molecule has 0 aliphatic rings. The quantitative estimate of drug-likeness (QED) is 0.512. The molecule has 0 heterocycles. The van der Waals surface area contributed by atoms with Gasteiger partial charge in [0.1, 0.15) is 0 Å². The van der Waals surface area contributed by atoms with Gasteiger partial charge in [0.05, 0.1) is 0 Å². The van der Waals surface area contributed by atoms with Crippen molar-refractivity contribution >= 4 is 11.4 Å². The maximum Gasteiger partial charge on any atom is 0.0413 e. The Labute approximate surface area is 151 Å². The van der Waals surface area contributed by atoms with E-state index in [-0.39, 0.29) is 0 Å². The summed E-state index contributed by atoms with van der Waals surface area (Å²) in [6, 6.07) is 24.5. The Morgan fingerprint density at radius 2 is 1.12 bits per heavy atom. The molecule has 0 saturated carbocycles. The largest absolute Gasteiger partial charge is 0.345 e. The monoisotopic (exact) mass is 329 g/mol. The number of aryl methyl sites for hydroxylation is 3. The van der Waals surface area contributed by atoms with E-state index in [4.69, 9.17) is 0 Å². The molecule has 1 heteroatoms. The SMILES string of the molecule is CCc1cc(CC)cc(N(C)c2ccc(-c3ccc(C)cc3)cc2)c1. The highest BCUT2D eigenvalue weighted by Crippen LogP contribution is 2.29. The van der Waals surface area contributed by atoms with Crippen LogP contribution in [0.3, 0.4) is 0 Å². The van der Waals surface area contributed by atoms with E-state index in [9.17, 15) is 0 Å². The van der Waals surface area contributed by atoms with Crippen molar-refractivity contribution in [1.29, 1.82) is 0 Å². The fraction of sp³-hybridized carbons (Fsp3) is 0.250. The molecule has 1 nitrogen and oxygen atoms in total. The first-order chi connectivity index (χ1) is 12.1. The third kappa shape index (κ3) is 3.93. The average Bonchev–Trinajstić information content (AvgIpc) is 2.67. The van der Waals surface area contributed by atoms with Crippen molar-refractivity contribution in [3.05, 3.63) is 83.4 Å². The third-order valence-electron chi connectivity index (χ3n) is 4.88. The topological polar surface area (TPSA) is 3.24 Å². The highest BCUT2D eigenvalue weighted by molar-refractivity contribution is 5.70. The van der Waals surface area contributed by atoms with Crippen LogP contribution in [-0.4, -0.2) is 7.05 Å². The number of rotatable bonds is 5. The Kier molecular flexibility index (Phi) is 5.23. The van der Waals surface area contributed by atoms with Gasteiger partial charge < -0.3 is 4.90 Å². The van der Waals surface area contributed by atoms with Crippen LogP contribution in [0.5, 0.6) is 0 Å². The molecule has 3 aromatic carbocycles. The molecule has 0 unspecified atom stereocenters. The van der Waals surface area contributed by atoms with Crippen LogP contribution in [0, 0.1) is 6.92 Å². The van der Waals surface area contributed by atoms with E-state index in [0.29, 0.717) is 0 Å². The Bertz CT molecular complexity index is 807. The molecule has 0 aliphatic heterocycles. The predicted octanol–water partition coefficient (Wildman–Crippen LogP) is 6.55. The van der Waals surface area contributed by atoms with E-state index in [1.807, 2.05) is 0 Å². The van der Waals surface area contributed by atoms with Gasteiger partial charge in [-0.05, 0) is 66.3 Å². The Balaban J connectivity index is 1.88. The highest BCUT2D eigenvalue weighted by Gasteiger charge is 2.07. The molecule has 0 aromatic heterocycles. The Hall–Kier alpha value is -2.54. The lowest BCUT2D eigenvalue weighted by Gasteiger charge is -2.21. The van der Waals surface area contributed by atoms with Crippen LogP contribution in [0.1, 0.15) is 30.5 Å². The van der Waals surface area contributed by atoms with Crippen LogP contribution < -0.4 is 4.90 Å². The second-order valence-corrected chi connectivity index (χ2v) is 6.69. The van der Waals surface area contributed by atoms with E-state index in [0.717, 1.165) is 12.8 Å². The molecule has 0 amide bonds. The molecular formula is C24H27N. The summed E-state index contributed by atoms with van der Waals surface area (Å²) in [6.07, 6.45) is 2.14. The zero-order valence-corrected chi connectivity index (χ0v) is 15.7. The van der Waals surface area contributed by atoms with Gasteiger partial charge in [-0.25, -0.2) is 0 Å².